The van der Waals surface area contributed by atoms with Crippen LogP contribution in [0.4, 0.5) is 0 Å². The predicted molar refractivity (Wildman–Crippen MR) is 89.9 cm³/mol. The molecule has 0 aliphatic carbocycles. The minimum absolute atomic E-state index is 0.141. The second kappa shape index (κ2) is 6.61. The SMILES string of the molecule is CC1COC(c2ccccc2)CN1S(=O)(=O)c1ccccc1Cl. The van der Waals surface area contributed by atoms with Gasteiger partial charge < -0.3 is 4.74 Å². The van der Waals surface area contributed by atoms with Gasteiger partial charge >= 0.3 is 0 Å². The molecule has 0 aromatic heterocycles. The van der Waals surface area contributed by atoms with Gasteiger partial charge in [0.2, 0.25) is 10.0 Å². The summed E-state index contributed by atoms with van der Waals surface area (Å²) in [7, 11) is -3.66. The standard InChI is InChI=1S/C17H18ClNO3S/c1-13-12-22-16(14-7-3-2-4-8-14)11-19(13)23(20,21)17-10-6-5-9-15(17)18/h2-10,13,16H,11-12H2,1H3. The second-order valence-corrected chi connectivity index (χ2v) is 7.85. The van der Waals surface area contributed by atoms with Crippen LogP contribution >= 0.6 is 11.6 Å². The van der Waals surface area contributed by atoms with Crippen LogP contribution < -0.4 is 0 Å². The fourth-order valence-corrected chi connectivity index (χ4v) is 4.83. The lowest BCUT2D eigenvalue weighted by atomic mass is 10.1. The first-order chi connectivity index (χ1) is 11.0. The molecule has 3 rings (SSSR count). The van der Waals surface area contributed by atoms with Crippen molar-refractivity contribution in [1.29, 1.82) is 0 Å². The monoisotopic (exact) mass is 351 g/mol. The average Bonchev–Trinajstić information content (AvgIpc) is 2.56. The molecule has 6 heteroatoms. The summed E-state index contributed by atoms with van der Waals surface area (Å²) in [5, 5.41) is 0.238. The normalized spacial score (nSPS) is 22.9. The van der Waals surface area contributed by atoms with E-state index in [2.05, 4.69) is 0 Å². The molecule has 2 aromatic carbocycles. The van der Waals surface area contributed by atoms with Crippen LogP contribution in [0.25, 0.3) is 0 Å². The van der Waals surface area contributed by atoms with Crippen LogP contribution in [0.5, 0.6) is 0 Å². The van der Waals surface area contributed by atoms with Crippen molar-refractivity contribution in [2.75, 3.05) is 13.2 Å². The zero-order chi connectivity index (χ0) is 16.4. The summed E-state index contributed by atoms with van der Waals surface area (Å²) in [6.45, 7) is 2.47. The molecule has 0 bridgehead atoms. The van der Waals surface area contributed by atoms with Crippen molar-refractivity contribution in [2.45, 2.75) is 24.0 Å². The summed E-state index contributed by atoms with van der Waals surface area (Å²) in [6.07, 6.45) is -0.273. The van der Waals surface area contributed by atoms with E-state index in [1.54, 1.807) is 18.2 Å². The van der Waals surface area contributed by atoms with Crippen LogP contribution in [-0.2, 0) is 14.8 Å². The molecule has 1 heterocycles. The summed E-state index contributed by atoms with van der Waals surface area (Å²) in [4.78, 5) is 0.141. The number of morpholine rings is 1. The van der Waals surface area contributed by atoms with Crippen LogP contribution in [-0.4, -0.2) is 31.9 Å². The molecule has 1 fully saturated rings. The lowest BCUT2D eigenvalue weighted by Crippen LogP contribution is -2.48. The van der Waals surface area contributed by atoms with Gasteiger partial charge in [-0.05, 0) is 24.6 Å². The molecule has 1 saturated heterocycles. The molecule has 1 aliphatic heterocycles. The Kier molecular flexibility index (Phi) is 4.73. The highest BCUT2D eigenvalue weighted by atomic mass is 35.5. The number of nitrogens with zero attached hydrogens (tertiary/aromatic N) is 1. The van der Waals surface area contributed by atoms with E-state index in [-0.39, 0.29) is 28.6 Å². The highest BCUT2D eigenvalue weighted by molar-refractivity contribution is 7.89. The molecule has 0 N–H and O–H groups in total. The van der Waals surface area contributed by atoms with Crippen molar-refractivity contribution >= 4 is 21.6 Å². The molecule has 2 aromatic rings. The fraction of sp³-hybridized carbons (Fsp3) is 0.294. The number of hydrogen-bond acceptors (Lipinski definition) is 3. The Balaban J connectivity index is 1.93. The largest absolute Gasteiger partial charge is 0.370 e. The van der Waals surface area contributed by atoms with E-state index >= 15 is 0 Å². The summed E-state index contributed by atoms with van der Waals surface area (Å²) in [5.41, 5.74) is 0.971. The van der Waals surface area contributed by atoms with E-state index in [9.17, 15) is 8.42 Å². The maximum absolute atomic E-state index is 13.0. The van der Waals surface area contributed by atoms with Gasteiger partial charge in [0.25, 0.3) is 0 Å². The lowest BCUT2D eigenvalue weighted by molar-refractivity contribution is -0.0288. The minimum atomic E-state index is -3.66. The number of rotatable bonds is 3. The first-order valence-corrected chi connectivity index (χ1v) is 9.25. The minimum Gasteiger partial charge on any atom is -0.370 e. The van der Waals surface area contributed by atoms with Crippen molar-refractivity contribution in [3.05, 3.63) is 65.2 Å². The van der Waals surface area contributed by atoms with Crippen LogP contribution in [0.15, 0.2) is 59.5 Å². The topological polar surface area (TPSA) is 46.6 Å². The molecule has 0 radical (unpaired) electrons. The summed E-state index contributed by atoms with van der Waals surface area (Å²) < 4.78 is 33.3. The van der Waals surface area contributed by atoms with E-state index in [0.29, 0.717) is 6.61 Å². The van der Waals surface area contributed by atoms with E-state index in [1.165, 1.54) is 10.4 Å². The quantitative estimate of drug-likeness (QED) is 0.850. The Morgan fingerprint density at radius 1 is 1.09 bits per heavy atom. The predicted octanol–water partition coefficient (Wildman–Crippen LogP) is 3.49. The van der Waals surface area contributed by atoms with Crippen LogP contribution in [0.2, 0.25) is 5.02 Å². The Labute approximate surface area is 141 Å². The van der Waals surface area contributed by atoms with E-state index in [0.717, 1.165) is 5.56 Å². The van der Waals surface area contributed by atoms with Gasteiger partial charge in [-0.2, -0.15) is 4.31 Å². The second-order valence-electron chi connectivity index (χ2n) is 5.59. The highest BCUT2D eigenvalue weighted by Crippen LogP contribution is 2.31. The van der Waals surface area contributed by atoms with Gasteiger partial charge in [-0.25, -0.2) is 8.42 Å². The number of sulfonamides is 1. The maximum Gasteiger partial charge on any atom is 0.244 e. The molecule has 2 unspecified atom stereocenters. The van der Waals surface area contributed by atoms with E-state index in [4.69, 9.17) is 16.3 Å². The molecular formula is C17H18ClNO3S. The van der Waals surface area contributed by atoms with Gasteiger partial charge in [0.05, 0.1) is 17.7 Å². The van der Waals surface area contributed by atoms with Crippen LogP contribution in [0.1, 0.15) is 18.6 Å². The van der Waals surface area contributed by atoms with Crippen molar-refractivity contribution in [2.24, 2.45) is 0 Å². The van der Waals surface area contributed by atoms with Gasteiger partial charge in [-0.3, -0.25) is 0 Å². The van der Waals surface area contributed by atoms with Crippen molar-refractivity contribution in [3.8, 4) is 0 Å². The number of hydrogen-bond donors (Lipinski definition) is 0. The molecule has 0 amide bonds. The molecule has 0 saturated carbocycles. The van der Waals surface area contributed by atoms with Gasteiger partial charge in [0, 0.05) is 12.6 Å². The Bertz CT molecular complexity index is 779. The van der Waals surface area contributed by atoms with Crippen LogP contribution in [0.3, 0.4) is 0 Å². The zero-order valence-electron chi connectivity index (χ0n) is 12.7. The van der Waals surface area contributed by atoms with Gasteiger partial charge in [0.15, 0.2) is 0 Å². The number of ether oxygens (including phenoxy) is 1. The Morgan fingerprint density at radius 3 is 2.43 bits per heavy atom. The summed E-state index contributed by atoms with van der Waals surface area (Å²) >= 11 is 6.09. The third-order valence-corrected chi connectivity index (χ3v) is 6.45. The molecule has 23 heavy (non-hydrogen) atoms. The first kappa shape index (κ1) is 16.5. The molecule has 1 aliphatic rings. The lowest BCUT2D eigenvalue weighted by Gasteiger charge is -2.37. The zero-order valence-corrected chi connectivity index (χ0v) is 14.3. The smallest absolute Gasteiger partial charge is 0.244 e. The van der Waals surface area contributed by atoms with Crippen LogP contribution in [0, 0.1) is 0 Å². The molecule has 4 nitrogen and oxygen atoms in total. The van der Waals surface area contributed by atoms with Gasteiger partial charge in [-0.15, -0.1) is 0 Å². The molecule has 122 valence electrons. The van der Waals surface area contributed by atoms with E-state index in [1.807, 2.05) is 37.3 Å². The maximum atomic E-state index is 13.0. The Morgan fingerprint density at radius 2 is 1.74 bits per heavy atom. The van der Waals surface area contributed by atoms with Gasteiger partial charge in [0.1, 0.15) is 4.90 Å². The summed E-state index contributed by atoms with van der Waals surface area (Å²) in [5.74, 6) is 0. The molecule has 2 atom stereocenters. The van der Waals surface area contributed by atoms with Crippen molar-refractivity contribution in [3.63, 3.8) is 0 Å². The Hall–Kier alpha value is -1.40. The molecular weight excluding hydrogens is 334 g/mol. The number of halogens is 1. The molecule has 0 spiro atoms. The highest BCUT2D eigenvalue weighted by Gasteiger charge is 2.36. The van der Waals surface area contributed by atoms with Crippen molar-refractivity contribution in [1.82, 2.24) is 4.31 Å². The summed E-state index contributed by atoms with van der Waals surface area (Å²) in [6, 6.07) is 15.9. The third kappa shape index (κ3) is 3.28. The fourth-order valence-electron chi connectivity index (χ4n) is 2.72. The van der Waals surface area contributed by atoms with Gasteiger partial charge in [-0.1, -0.05) is 54.1 Å². The van der Waals surface area contributed by atoms with E-state index < -0.39 is 10.0 Å². The first-order valence-electron chi connectivity index (χ1n) is 7.43. The van der Waals surface area contributed by atoms with Crippen molar-refractivity contribution < 1.29 is 13.2 Å². The average molecular weight is 352 g/mol. The third-order valence-electron chi connectivity index (χ3n) is 3.97. The number of benzene rings is 2.